The molecule has 3 heterocycles. The fourth-order valence-electron chi connectivity index (χ4n) is 3.09. The van der Waals surface area contributed by atoms with Gasteiger partial charge in [-0.05, 0) is 43.0 Å². The minimum absolute atomic E-state index is 0.214. The molecule has 7 nitrogen and oxygen atoms in total. The molecule has 2 unspecified atom stereocenters. The molecule has 1 aromatic carbocycles. The van der Waals surface area contributed by atoms with Crippen LogP contribution in [-0.4, -0.2) is 25.9 Å². The first-order chi connectivity index (χ1) is 12.6. The molecule has 0 amide bonds. The van der Waals surface area contributed by atoms with Crippen molar-refractivity contribution < 1.29 is 4.74 Å². The van der Waals surface area contributed by atoms with Crippen molar-refractivity contribution in [3.8, 4) is 5.75 Å². The molecule has 0 aliphatic carbocycles. The molecule has 138 valence electrons. The van der Waals surface area contributed by atoms with Gasteiger partial charge in [-0.2, -0.15) is 9.61 Å². The molecule has 0 radical (unpaired) electrons. The average Bonchev–Trinajstić information content (AvgIpc) is 3.29. The quantitative estimate of drug-likeness (QED) is 0.615. The Labute approximate surface area is 164 Å². The van der Waals surface area contributed by atoms with Crippen LogP contribution in [0.15, 0.2) is 28.7 Å². The lowest BCUT2D eigenvalue weighted by molar-refractivity contribution is 0.292. The third-order valence-corrected chi connectivity index (χ3v) is 5.83. The number of hydrogen-bond donors (Lipinski definition) is 2. The Bertz CT molecular complexity index is 877. The van der Waals surface area contributed by atoms with Crippen LogP contribution < -0.4 is 15.6 Å². The topological polar surface area (TPSA) is 76.4 Å². The van der Waals surface area contributed by atoms with Crippen molar-refractivity contribution in [2.24, 2.45) is 5.92 Å². The van der Waals surface area contributed by atoms with Crippen LogP contribution in [0.2, 0.25) is 0 Å². The maximum Gasteiger partial charge on any atom is 0.234 e. The lowest BCUT2D eigenvalue weighted by Gasteiger charge is -2.10. The van der Waals surface area contributed by atoms with Gasteiger partial charge in [-0.3, -0.25) is 5.43 Å². The van der Waals surface area contributed by atoms with Gasteiger partial charge in [0.1, 0.15) is 17.4 Å². The number of nitrogens with one attached hydrogen (secondary N) is 2. The van der Waals surface area contributed by atoms with Crippen molar-refractivity contribution >= 4 is 32.2 Å². The molecule has 2 atom stereocenters. The van der Waals surface area contributed by atoms with Gasteiger partial charge in [-0.15, -0.1) is 10.2 Å². The molecule has 2 aromatic heterocycles. The zero-order valence-corrected chi connectivity index (χ0v) is 17.0. The highest BCUT2D eigenvalue weighted by atomic mass is 79.9. The van der Waals surface area contributed by atoms with E-state index in [2.05, 4.69) is 50.8 Å². The molecule has 1 fully saturated rings. The maximum absolute atomic E-state index is 5.80. The Balaban J connectivity index is 1.44. The Kier molecular flexibility index (Phi) is 5.21. The van der Waals surface area contributed by atoms with Gasteiger partial charge in [0.2, 0.25) is 4.96 Å². The number of rotatable bonds is 6. The lowest BCUT2D eigenvalue weighted by atomic mass is 10.0. The van der Waals surface area contributed by atoms with E-state index >= 15 is 0 Å². The SMILES string of the molecule is CC(C)CC1CC(c2nn3c(COc4ccc(Br)cc4)nnc3s2)NN1. The van der Waals surface area contributed by atoms with Gasteiger partial charge in [-0.25, -0.2) is 5.43 Å². The van der Waals surface area contributed by atoms with Gasteiger partial charge in [0.25, 0.3) is 0 Å². The van der Waals surface area contributed by atoms with Crippen molar-refractivity contribution in [1.29, 1.82) is 0 Å². The smallest absolute Gasteiger partial charge is 0.234 e. The fourth-order valence-corrected chi connectivity index (χ4v) is 4.27. The van der Waals surface area contributed by atoms with Crippen molar-refractivity contribution in [3.63, 3.8) is 0 Å². The summed E-state index contributed by atoms with van der Waals surface area (Å²) in [5, 5.41) is 14.2. The number of ether oxygens (including phenoxy) is 1. The first-order valence-electron chi connectivity index (χ1n) is 8.69. The van der Waals surface area contributed by atoms with E-state index in [-0.39, 0.29) is 6.04 Å². The molecular weight excluding hydrogens is 416 g/mol. The van der Waals surface area contributed by atoms with Crippen molar-refractivity contribution in [2.45, 2.75) is 45.4 Å². The minimum Gasteiger partial charge on any atom is -0.486 e. The Morgan fingerprint density at radius 1 is 1.27 bits per heavy atom. The van der Waals surface area contributed by atoms with E-state index in [4.69, 9.17) is 9.84 Å². The molecule has 1 saturated heterocycles. The van der Waals surface area contributed by atoms with Crippen LogP contribution in [0.25, 0.3) is 4.96 Å². The molecule has 0 spiro atoms. The molecular formula is C17H21BrN6OS. The summed E-state index contributed by atoms with van der Waals surface area (Å²) in [6.45, 7) is 4.82. The number of hydrazine groups is 1. The highest BCUT2D eigenvalue weighted by Crippen LogP contribution is 2.28. The summed E-state index contributed by atoms with van der Waals surface area (Å²) in [5.41, 5.74) is 6.74. The molecule has 9 heteroatoms. The highest BCUT2D eigenvalue weighted by Gasteiger charge is 2.28. The first-order valence-corrected chi connectivity index (χ1v) is 10.3. The number of aromatic nitrogens is 4. The van der Waals surface area contributed by atoms with Crippen molar-refractivity contribution in [2.75, 3.05) is 0 Å². The predicted octanol–water partition coefficient (Wildman–Crippen LogP) is 3.48. The molecule has 4 rings (SSSR count). The summed E-state index contributed by atoms with van der Waals surface area (Å²) in [4.78, 5) is 0.795. The lowest BCUT2D eigenvalue weighted by Crippen LogP contribution is -2.31. The minimum atomic E-state index is 0.214. The molecule has 26 heavy (non-hydrogen) atoms. The van der Waals surface area contributed by atoms with E-state index in [1.54, 1.807) is 15.9 Å². The summed E-state index contributed by atoms with van der Waals surface area (Å²) >= 11 is 4.99. The maximum atomic E-state index is 5.80. The van der Waals surface area contributed by atoms with E-state index in [0.29, 0.717) is 24.4 Å². The molecule has 1 aliphatic rings. The molecule has 0 bridgehead atoms. The normalized spacial score (nSPS) is 20.3. The van der Waals surface area contributed by atoms with Gasteiger partial charge in [-0.1, -0.05) is 41.1 Å². The van der Waals surface area contributed by atoms with Gasteiger partial charge in [0, 0.05) is 10.5 Å². The Morgan fingerprint density at radius 2 is 2.08 bits per heavy atom. The number of nitrogens with zero attached hydrogens (tertiary/aromatic N) is 4. The summed E-state index contributed by atoms with van der Waals surface area (Å²) in [6, 6.07) is 8.42. The number of halogens is 1. The van der Waals surface area contributed by atoms with Crippen LogP contribution in [0, 0.1) is 5.92 Å². The summed E-state index contributed by atoms with van der Waals surface area (Å²) in [6.07, 6.45) is 2.19. The standard InChI is InChI=1S/C17H21BrN6OS/c1-10(2)7-12-8-14(20-19-12)16-23-24-15(21-22-17(24)26-16)9-25-13-5-3-11(18)4-6-13/h3-6,10,12,14,19-20H,7-9H2,1-2H3. The second kappa shape index (κ2) is 7.59. The van der Waals surface area contributed by atoms with Gasteiger partial charge in [0.05, 0.1) is 6.04 Å². The van der Waals surface area contributed by atoms with Crippen molar-refractivity contribution in [3.05, 3.63) is 39.6 Å². The van der Waals surface area contributed by atoms with Crippen LogP contribution in [0.4, 0.5) is 0 Å². The van der Waals surface area contributed by atoms with E-state index in [0.717, 1.165) is 33.0 Å². The summed E-state index contributed by atoms with van der Waals surface area (Å²) in [5.74, 6) is 2.17. The largest absolute Gasteiger partial charge is 0.486 e. The van der Waals surface area contributed by atoms with E-state index in [9.17, 15) is 0 Å². The van der Waals surface area contributed by atoms with E-state index in [1.165, 1.54) is 0 Å². The van der Waals surface area contributed by atoms with Crippen LogP contribution in [0.5, 0.6) is 5.75 Å². The number of hydrogen-bond acceptors (Lipinski definition) is 7. The monoisotopic (exact) mass is 436 g/mol. The number of benzene rings is 1. The Morgan fingerprint density at radius 3 is 2.85 bits per heavy atom. The predicted molar refractivity (Wildman–Crippen MR) is 104 cm³/mol. The van der Waals surface area contributed by atoms with Gasteiger partial charge in [0.15, 0.2) is 5.82 Å². The Hall–Kier alpha value is -1.55. The molecule has 1 aliphatic heterocycles. The van der Waals surface area contributed by atoms with Crippen molar-refractivity contribution in [1.82, 2.24) is 30.7 Å². The van der Waals surface area contributed by atoms with Crippen LogP contribution in [-0.2, 0) is 6.61 Å². The second-order valence-electron chi connectivity index (χ2n) is 6.90. The molecule has 2 N–H and O–H groups in total. The third-order valence-electron chi connectivity index (χ3n) is 4.29. The van der Waals surface area contributed by atoms with Gasteiger partial charge < -0.3 is 4.74 Å². The highest BCUT2D eigenvalue weighted by molar-refractivity contribution is 9.10. The average molecular weight is 437 g/mol. The van der Waals surface area contributed by atoms with E-state index < -0.39 is 0 Å². The van der Waals surface area contributed by atoms with Crippen LogP contribution >= 0.6 is 27.3 Å². The third kappa shape index (κ3) is 3.90. The van der Waals surface area contributed by atoms with Crippen LogP contribution in [0.3, 0.4) is 0 Å². The van der Waals surface area contributed by atoms with Crippen LogP contribution in [0.1, 0.15) is 43.6 Å². The fraction of sp³-hybridized carbons (Fsp3) is 0.471. The second-order valence-corrected chi connectivity index (χ2v) is 8.80. The molecule has 3 aromatic rings. The summed E-state index contributed by atoms with van der Waals surface area (Å²) < 4.78 is 8.61. The number of fused-ring (bicyclic) bond motifs is 1. The zero-order chi connectivity index (χ0) is 18.1. The summed E-state index contributed by atoms with van der Waals surface area (Å²) in [7, 11) is 0. The first kappa shape index (κ1) is 17.8. The molecule has 0 saturated carbocycles. The zero-order valence-electron chi connectivity index (χ0n) is 14.6. The van der Waals surface area contributed by atoms with Gasteiger partial charge >= 0.3 is 0 Å². The van der Waals surface area contributed by atoms with E-state index in [1.807, 2.05) is 24.3 Å².